The molecule has 1 unspecified atom stereocenters. The van der Waals surface area contributed by atoms with Crippen LogP contribution in [0, 0.1) is 5.92 Å². The fourth-order valence-corrected chi connectivity index (χ4v) is 2.75. The number of thiophene rings is 1. The molecule has 0 fully saturated rings. The second kappa shape index (κ2) is 7.51. The van der Waals surface area contributed by atoms with Gasteiger partial charge in [-0.05, 0) is 18.1 Å². The first kappa shape index (κ1) is 15.1. The van der Waals surface area contributed by atoms with E-state index in [2.05, 4.69) is 19.2 Å². The highest BCUT2D eigenvalue weighted by Crippen LogP contribution is 2.16. The van der Waals surface area contributed by atoms with Gasteiger partial charge in [0.05, 0.1) is 6.10 Å². The van der Waals surface area contributed by atoms with Crippen molar-refractivity contribution in [3.8, 4) is 0 Å². The zero-order valence-corrected chi connectivity index (χ0v) is 11.7. The molecular formula is C13H21NO3S. The summed E-state index contributed by atoms with van der Waals surface area (Å²) >= 11 is 1.27. The van der Waals surface area contributed by atoms with E-state index >= 15 is 0 Å². The van der Waals surface area contributed by atoms with Crippen molar-refractivity contribution in [2.24, 2.45) is 5.92 Å². The van der Waals surface area contributed by atoms with Crippen LogP contribution in [0.15, 0.2) is 12.1 Å². The quantitative estimate of drug-likeness (QED) is 0.679. The van der Waals surface area contributed by atoms with Crippen LogP contribution in [0.1, 0.15) is 41.2 Å². The van der Waals surface area contributed by atoms with E-state index in [1.54, 1.807) is 6.07 Å². The molecule has 0 aliphatic rings. The molecule has 5 heteroatoms. The molecule has 102 valence electrons. The van der Waals surface area contributed by atoms with Crippen LogP contribution < -0.4 is 5.32 Å². The van der Waals surface area contributed by atoms with Crippen molar-refractivity contribution in [2.75, 3.05) is 6.54 Å². The molecule has 0 aliphatic carbocycles. The molecule has 1 aromatic rings. The number of hydrogen-bond donors (Lipinski definition) is 3. The lowest BCUT2D eigenvalue weighted by Gasteiger charge is -2.20. The van der Waals surface area contributed by atoms with Gasteiger partial charge in [0.15, 0.2) is 0 Å². The largest absolute Gasteiger partial charge is 0.477 e. The molecule has 1 heterocycles. The molecule has 0 aliphatic heterocycles. The van der Waals surface area contributed by atoms with Crippen LogP contribution in [0.2, 0.25) is 0 Å². The van der Waals surface area contributed by atoms with Crippen molar-refractivity contribution >= 4 is 17.3 Å². The summed E-state index contributed by atoms with van der Waals surface area (Å²) in [5, 5.41) is 21.9. The number of aliphatic hydroxyl groups is 1. The molecule has 0 aromatic carbocycles. The maximum atomic E-state index is 10.7. The number of rotatable bonds is 8. The fourth-order valence-electron chi connectivity index (χ4n) is 1.93. The Hall–Kier alpha value is -0.910. The number of hydrogen-bond acceptors (Lipinski definition) is 4. The van der Waals surface area contributed by atoms with Crippen molar-refractivity contribution in [3.05, 3.63) is 21.9 Å². The monoisotopic (exact) mass is 271 g/mol. The average Bonchev–Trinajstić information content (AvgIpc) is 2.79. The molecule has 4 nitrogen and oxygen atoms in total. The van der Waals surface area contributed by atoms with Crippen LogP contribution >= 0.6 is 11.3 Å². The molecule has 1 aromatic heterocycles. The van der Waals surface area contributed by atoms with Crippen molar-refractivity contribution in [1.29, 1.82) is 0 Å². The third-order valence-electron chi connectivity index (χ3n) is 3.12. The van der Waals surface area contributed by atoms with Crippen LogP contribution in [0.4, 0.5) is 0 Å². The Morgan fingerprint density at radius 3 is 2.56 bits per heavy atom. The fraction of sp³-hybridized carbons (Fsp3) is 0.615. The minimum Gasteiger partial charge on any atom is -0.477 e. The van der Waals surface area contributed by atoms with Crippen LogP contribution in [-0.4, -0.2) is 28.8 Å². The summed E-state index contributed by atoms with van der Waals surface area (Å²) in [6, 6.07) is 3.42. The van der Waals surface area contributed by atoms with Crippen molar-refractivity contribution < 1.29 is 15.0 Å². The van der Waals surface area contributed by atoms with Gasteiger partial charge in [0.25, 0.3) is 0 Å². The Labute approximate surface area is 112 Å². The molecular weight excluding hydrogens is 250 g/mol. The van der Waals surface area contributed by atoms with Gasteiger partial charge < -0.3 is 15.5 Å². The third kappa shape index (κ3) is 4.40. The third-order valence-corrected chi connectivity index (χ3v) is 4.19. The highest BCUT2D eigenvalue weighted by atomic mass is 32.1. The zero-order chi connectivity index (χ0) is 13.5. The van der Waals surface area contributed by atoms with E-state index < -0.39 is 5.97 Å². The highest BCUT2D eigenvalue weighted by Gasteiger charge is 2.15. The van der Waals surface area contributed by atoms with Gasteiger partial charge in [0, 0.05) is 18.0 Å². The average molecular weight is 271 g/mol. The Morgan fingerprint density at radius 1 is 1.39 bits per heavy atom. The normalized spacial score (nSPS) is 12.9. The Balaban J connectivity index is 2.34. The van der Waals surface area contributed by atoms with Crippen molar-refractivity contribution in [1.82, 2.24) is 5.32 Å². The second-order valence-corrected chi connectivity index (χ2v) is 5.51. The maximum absolute atomic E-state index is 10.7. The van der Waals surface area contributed by atoms with E-state index in [0.29, 0.717) is 23.9 Å². The van der Waals surface area contributed by atoms with E-state index in [-0.39, 0.29) is 6.10 Å². The van der Waals surface area contributed by atoms with Gasteiger partial charge in [-0.25, -0.2) is 4.79 Å². The smallest absolute Gasteiger partial charge is 0.345 e. The zero-order valence-electron chi connectivity index (χ0n) is 10.8. The van der Waals surface area contributed by atoms with E-state index in [4.69, 9.17) is 5.11 Å². The van der Waals surface area contributed by atoms with E-state index in [1.165, 1.54) is 11.3 Å². The standard InChI is InChI=1S/C13H21NO3S/c1-3-9(4-2)11(15)8-14-7-10-5-6-12(18-10)13(16)17/h5-6,9,11,14-15H,3-4,7-8H2,1-2H3,(H,16,17). The van der Waals surface area contributed by atoms with Crippen molar-refractivity contribution in [3.63, 3.8) is 0 Å². The minimum absolute atomic E-state index is 0.329. The molecule has 1 atom stereocenters. The van der Waals surface area contributed by atoms with Gasteiger partial charge in [-0.2, -0.15) is 0 Å². The SMILES string of the molecule is CCC(CC)C(O)CNCc1ccc(C(=O)O)s1. The lowest BCUT2D eigenvalue weighted by atomic mass is 9.97. The molecule has 18 heavy (non-hydrogen) atoms. The lowest BCUT2D eigenvalue weighted by Crippen LogP contribution is -2.32. The number of carboxylic acids is 1. The summed E-state index contributed by atoms with van der Waals surface area (Å²) < 4.78 is 0. The first-order valence-electron chi connectivity index (χ1n) is 6.29. The number of carbonyl (C=O) groups is 1. The van der Waals surface area contributed by atoms with Gasteiger partial charge in [0.2, 0.25) is 0 Å². The summed E-state index contributed by atoms with van der Waals surface area (Å²) in [4.78, 5) is 12.0. The highest BCUT2D eigenvalue weighted by molar-refractivity contribution is 7.13. The Kier molecular flexibility index (Phi) is 6.32. The molecule has 0 saturated heterocycles. The predicted octanol–water partition coefficient (Wildman–Crippen LogP) is 2.33. The lowest BCUT2D eigenvalue weighted by molar-refractivity contribution is 0.0702. The van der Waals surface area contributed by atoms with Crippen LogP contribution in [-0.2, 0) is 6.54 Å². The molecule has 0 amide bonds. The summed E-state index contributed by atoms with van der Waals surface area (Å²) in [6.07, 6.45) is 1.61. The van der Waals surface area contributed by atoms with Gasteiger partial charge in [-0.15, -0.1) is 11.3 Å². The second-order valence-electron chi connectivity index (χ2n) is 4.35. The Bertz CT molecular complexity index is 374. The summed E-state index contributed by atoms with van der Waals surface area (Å²) in [6.45, 7) is 5.31. The van der Waals surface area contributed by atoms with Crippen LogP contribution in [0.5, 0.6) is 0 Å². The van der Waals surface area contributed by atoms with E-state index in [9.17, 15) is 9.90 Å². The first-order valence-corrected chi connectivity index (χ1v) is 7.10. The minimum atomic E-state index is -0.886. The Morgan fingerprint density at radius 2 is 2.06 bits per heavy atom. The number of aliphatic hydroxyl groups excluding tert-OH is 1. The van der Waals surface area contributed by atoms with Gasteiger partial charge in [-0.3, -0.25) is 0 Å². The molecule has 1 rings (SSSR count). The van der Waals surface area contributed by atoms with E-state index in [0.717, 1.165) is 17.7 Å². The molecule has 0 bridgehead atoms. The topological polar surface area (TPSA) is 69.6 Å². The molecule has 0 saturated carbocycles. The summed E-state index contributed by atoms with van der Waals surface area (Å²) in [7, 11) is 0. The summed E-state index contributed by atoms with van der Waals surface area (Å²) in [5.74, 6) is -0.557. The number of aromatic carboxylic acids is 1. The van der Waals surface area contributed by atoms with Gasteiger partial charge in [-0.1, -0.05) is 26.7 Å². The van der Waals surface area contributed by atoms with E-state index in [1.807, 2.05) is 6.07 Å². The van der Waals surface area contributed by atoms with Crippen LogP contribution in [0.3, 0.4) is 0 Å². The molecule has 3 N–H and O–H groups in total. The number of carboxylic acid groups (broad SMARTS) is 1. The van der Waals surface area contributed by atoms with Gasteiger partial charge in [0.1, 0.15) is 4.88 Å². The first-order chi connectivity index (χ1) is 8.58. The summed E-state index contributed by atoms with van der Waals surface area (Å²) in [5.41, 5.74) is 0. The number of nitrogens with one attached hydrogen (secondary N) is 1. The van der Waals surface area contributed by atoms with Crippen LogP contribution in [0.25, 0.3) is 0 Å². The molecule has 0 spiro atoms. The van der Waals surface area contributed by atoms with Gasteiger partial charge >= 0.3 is 5.97 Å². The molecule has 0 radical (unpaired) electrons. The van der Waals surface area contributed by atoms with Crippen molar-refractivity contribution in [2.45, 2.75) is 39.3 Å². The maximum Gasteiger partial charge on any atom is 0.345 e. The predicted molar refractivity (Wildman–Crippen MR) is 73.1 cm³/mol.